The number of hydrogen-bond acceptors (Lipinski definition) is 5. The van der Waals surface area contributed by atoms with E-state index < -0.39 is 6.10 Å². The van der Waals surface area contributed by atoms with Crippen molar-refractivity contribution in [1.29, 1.82) is 0 Å². The van der Waals surface area contributed by atoms with Crippen molar-refractivity contribution in [2.24, 2.45) is 0 Å². The summed E-state index contributed by atoms with van der Waals surface area (Å²) in [6.07, 6.45) is -0.510. The maximum absolute atomic E-state index is 12.1. The van der Waals surface area contributed by atoms with Crippen LogP contribution < -0.4 is 21.0 Å². The van der Waals surface area contributed by atoms with E-state index in [1.54, 1.807) is 6.92 Å². The largest absolute Gasteiger partial charge is 0.479 e. The highest BCUT2D eigenvalue weighted by Gasteiger charge is 2.23. The Labute approximate surface area is 166 Å². The van der Waals surface area contributed by atoms with E-state index in [2.05, 4.69) is 10.6 Å². The molecular formula is C23H18N2O4. The summed E-state index contributed by atoms with van der Waals surface area (Å²) >= 11 is 0. The van der Waals surface area contributed by atoms with E-state index in [9.17, 15) is 9.59 Å². The molecule has 1 aliphatic heterocycles. The van der Waals surface area contributed by atoms with Crippen molar-refractivity contribution in [2.75, 3.05) is 10.6 Å². The molecule has 4 aromatic rings. The summed E-state index contributed by atoms with van der Waals surface area (Å²) in [6, 6.07) is 18.8. The lowest BCUT2D eigenvalue weighted by molar-refractivity contribution is -0.122. The first kappa shape index (κ1) is 17.3. The molecule has 2 heterocycles. The molecule has 2 N–H and O–H groups in total. The highest BCUT2D eigenvalue weighted by atomic mass is 16.5. The Kier molecular flexibility index (Phi) is 3.98. The lowest BCUT2D eigenvalue weighted by Crippen LogP contribution is -2.34. The van der Waals surface area contributed by atoms with Crippen LogP contribution in [0.25, 0.3) is 21.7 Å². The van der Waals surface area contributed by atoms with Gasteiger partial charge in [0.05, 0.1) is 5.69 Å². The van der Waals surface area contributed by atoms with Crippen LogP contribution in [0, 0.1) is 0 Å². The molecule has 5 rings (SSSR count). The van der Waals surface area contributed by atoms with Gasteiger partial charge in [0, 0.05) is 23.7 Å². The van der Waals surface area contributed by atoms with Gasteiger partial charge in [-0.05, 0) is 47.5 Å². The quantitative estimate of drug-likeness (QED) is 0.406. The fourth-order valence-electron chi connectivity index (χ4n) is 3.68. The van der Waals surface area contributed by atoms with Crippen molar-refractivity contribution in [2.45, 2.75) is 19.6 Å². The lowest BCUT2D eigenvalue weighted by Gasteiger charge is -2.23. The number of anilines is 2. The fourth-order valence-corrected chi connectivity index (χ4v) is 3.68. The number of nitrogens with one attached hydrogen (secondary N) is 2. The molecule has 0 aliphatic carbocycles. The van der Waals surface area contributed by atoms with Crippen LogP contribution in [0.15, 0.2) is 69.9 Å². The Hall–Kier alpha value is -3.80. The third kappa shape index (κ3) is 3.08. The molecule has 0 radical (unpaired) electrons. The van der Waals surface area contributed by atoms with Gasteiger partial charge >= 0.3 is 5.63 Å². The maximum atomic E-state index is 12.1. The van der Waals surface area contributed by atoms with Gasteiger partial charge in [0.15, 0.2) is 6.10 Å². The summed E-state index contributed by atoms with van der Waals surface area (Å²) < 4.78 is 11.0. The summed E-state index contributed by atoms with van der Waals surface area (Å²) in [5, 5.41) is 9.21. The first-order valence-electron chi connectivity index (χ1n) is 9.38. The molecule has 0 bridgehead atoms. The minimum absolute atomic E-state index is 0.173. The Bertz CT molecular complexity index is 1330. The van der Waals surface area contributed by atoms with E-state index in [0.717, 1.165) is 27.4 Å². The number of hydrogen-bond donors (Lipinski definition) is 2. The van der Waals surface area contributed by atoms with E-state index in [-0.39, 0.29) is 11.5 Å². The van der Waals surface area contributed by atoms with Gasteiger partial charge in [-0.25, -0.2) is 4.79 Å². The van der Waals surface area contributed by atoms with Crippen LogP contribution in [-0.2, 0) is 11.3 Å². The molecular weight excluding hydrogens is 368 g/mol. The Morgan fingerprint density at radius 2 is 1.90 bits per heavy atom. The van der Waals surface area contributed by atoms with Gasteiger partial charge in [-0.1, -0.05) is 30.3 Å². The van der Waals surface area contributed by atoms with E-state index in [1.165, 1.54) is 6.07 Å². The van der Waals surface area contributed by atoms with Gasteiger partial charge in [-0.3, -0.25) is 4.79 Å². The summed E-state index contributed by atoms with van der Waals surface area (Å²) in [7, 11) is 0. The number of carbonyl (C=O) groups excluding carboxylic acids is 1. The monoisotopic (exact) mass is 386 g/mol. The van der Waals surface area contributed by atoms with E-state index in [1.807, 2.05) is 54.6 Å². The lowest BCUT2D eigenvalue weighted by atomic mass is 10.0. The van der Waals surface area contributed by atoms with Gasteiger partial charge in [0.2, 0.25) is 0 Å². The normalized spacial score (nSPS) is 15.6. The first-order valence-corrected chi connectivity index (χ1v) is 9.38. The molecule has 6 nitrogen and oxygen atoms in total. The average molecular weight is 386 g/mol. The molecule has 144 valence electrons. The predicted octanol–water partition coefficient (Wildman–Crippen LogP) is 4.28. The molecule has 0 spiro atoms. The molecule has 1 aliphatic rings. The van der Waals surface area contributed by atoms with Gasteiger partial charge in [0.1, 0.15) is 11.3 Å². The summed E-state index contributed by atoms with van der Waals surface area (Å²) in [5.41, 5.74) is 2.46. The van der Waals surface area contributed by atoms with Crippen molar-refractivity contribution in [3.63, 3.8) is 0 Å². The van der Waals surface area contributed by atoms with Gasteiger partial charge < -0.3 is 19.8 Å². The standard InChI is InChI=1S/C23H18N2O4/c1-13-23(27)25-18-11-16(7-9-19(18)28-13)24-12-15-10-21(26)29-20-8-6-14-4-2-3-5-17(14)22(15)20/h2-11,13,24H,12H2,1H3,(H,25,27). The summed E-state index contributed by atoms with van der Waals surface area (Å²) in [4.78, 5) is 23.9. The molecule has 0 fully saturated rings. The molecule has 0 saturated carbocycles. The zero-order valence-corrected chi connectivity index (χ0v) is 15.7. The SMILES string of the molecule is CC1Oc2ccc(NCc3cc(=O)oc4ccc5ccccc5c34)cc2NC1=O. The van der Waals surface area contributed by atoms with E-state index >= 15 is 0 Å². The van der Waals surface area contributed by atoms with Gasteiger partial charge in [-0.15, -0.1) is 0 Å². The second-order valence-electron chi connectivity index (χ2n) is 7.06. The number of amides is 1. The topological polar surface area (TPSA) is 80.6 Å². The molecule has 0 saturated heterocycles. The fraction of sp³-hybridized carbons (Fsp3) is 0.130. The zero-order valence-electron chi connectivity index (χ0n) is 15.7. The van der Waals surface area contributed by atoms with Crippen LogP contribution in [0.1, 0.15) is 12.5 Å². The molecule has 29 heavy (non-hydrogen) atoms. The third-order valence-electron chi connectivity index (χ3n) is 5.11. The van der Waals surface area contributed by atoms with Crippen LogP contribution in [0.3, 0.4) is 0 Å². The highest BCUT2D eigenvalue weighted by Crippen LogP contribution is 2.33. The minimum Gasteiger partial charge on any atom is -0.479 e. The van der Waals surface area contributed by atoms with Crippen LogP contribution in [0.4, 0.5) is 11.4 Å². The van der Waals surface area contributed by atoms with Crippen molar-refractivity contribution in [1.82, 2.24) is 0 Å². The second kappa shape index (κ2) is 6.67. The summed E-state index contributed by atoms with van der Waals surface area (Å²) in [6.45, 7) is 2.14. The van der Waals surface area contributed by atoms with Crippen LogP contribution in [-0.4, -0.2) is 12.0 Å². The van der Waals surface area contributed by atoms with Gasteiger partial charge in [-0.2, -0.15) is 0 Å². The van der Waals surface area contributed by atoms with E-state index in [4.69, 9.17) is 9.15 Å². The number of rotatable bonds is 3. The number of benzene rings is 3. The Morgan fingerprint density at radius 1 is 1.03 bits per heavy atom. The Balaban J connectivity index is 1.51. The molecule has 3 aromatic carbocycles. The maximum Gasteiger partial charge on any atom is 0.336 e. The van der Waals surface area contributed by atoms with Crippen LogP contribution in [0.5, 0.6) is 5.75 Å². The summed E-state index contributed by atoms with van der Waals surface area (Å²) in [5.74, 6) is 0.465. The molecule has 1 amide bonds. The van der Waals surface area contributed by atoms with E-state index in [0.29, 0.717) is 23.6 Å². The molecule has 6 heteroatoms. The van der Waals surface area contributed by atoms with Crippen molar-refractivity contribution in [3.8, 4) is 5.75 Å². The van der Waals surface area contributed by atoms with Crippen LogP contribution in [0.2, 0.25) is 0 Å². The highest BCUT2D eigenvalue weighted by molar-refractivity contribution is 6.07. The second-order valence-corrected chi connectivity index (χ2v) is 7.06. The minimum atomic E-state index is -0.510. The smallest absolute Gasteiger partial charge is 0.336 e. The van der Waals surface area contributed by atoms with Crippen molar-refractivity contribution in [3.05, 3.63) is 76.6 Å². The van der Waals surface area contributed by atoms with Crippen molar-refractivity contribution < 1.29 is 13.9 Å². The van der Waals surface area contributed by atoms with Gasteiger partial charge in [0.25, 0.3) is 5.91 Å². The third-order valence-corrected chi connectivity index (χ3v) is 5.11. The predicted molar refractivity (Wildman–Crippen MR) is 112 cm³/mol. The average Bonchev–Trinajstić information content (AvgIpc) is 2.72. The first-order chi connectivity index (χ1) is 14.1. The Morgan fingerprint density at radius 3 is 2.79 bits per heavy atom. The van der Waals surface area contributed by atoms with Crippen LogP contribution >= 0.6 is 0 Å². The number of carbonyl (C=O) groups is 1. The number of ether oxygens (including phenoxy) is 1. The molecule has 1 aromatic heterocycles. The molecule has 1 unspecified atom stereocenters. The zero-order chi connectivity index (χ0) is 20.0. The van der Waals surface area contributed by atoms with Crippen molar-refractivity contribution >= 4 is 39.0 Å². The number of fused-ring (bicyclic) bond motifs is 4. The molecule has 1 atom stereocenters.